The van der Waals surface area contributed by atoms with Crippen LogP contribution in [0.4, 0.5) is 10.1 Å². The lowest BCUT2D eigenvalue weighted by molar-refractivity contribution is 0.102. The molecule has 32 heavy (non-hydrogen) atoms. The number of anilines is 1. The van der Waals surface area contributed by atoms with Crippen molar-refractivity contribution in [2.24, 2.45) is 0 Å². The summed E-state index contributed by atoms with van der Waals surface area (Å²) in [4.78, 5) is 31.4. The van der Waals surface area contributed by atoms with Gasteiger partial charge >= 0.3 is 0 Å². The maximum atomic E-state index is 14.0. The number of aromatic amines is 2. The van der Waals surface area contributed by atoms with E-state index in [9.17, 15) is 14.0 Å². The summed E-state index contributed by atoms with van der Waals surface area (Å²) in [6, 6.07) is 24.4. The van der Waals surface area contributed by atoms with E-state index in [0.717, 1.165) is 22.0 Å². The fraction of sp³-hybridized carbons (Fsp3) is 0. The van der Waals surface area contributed by atoms with E-state index >= 15 is 0 Å². The largest absolute Gasteiger partial charge is 0.354 e. The smallest absolute Gasteiger partial charge is 0.257 e. The van der Waals surface area contributed by atoms with E-state index in [1.54, 1.807) is 48.7 Å². The van der Waals surface area contributed by atoms with Crippen LogP contribution < -0.4 is 10.9 Å². The molecule has 0 bridgehead atoms. The van der Waals surface area contributed by atoms with Crippen molar-refractivity contribution in [2.75, 3.05) is 5.32 Å². The van der Waals surface area contributed by atoms with Crippen molar-refractivity contribution < 1.29 is 9.18 Å². The first-order valence-corrected chi connectivity index (χ1v) is 10.1. The molecular formula is C26H18FN3O2. The van der Waals surface area contributed by atoms with Gasteiger partial charge in [-0.3, -0.25) is 9.59 Å². The number of carbonyl (C=O) groups is 1. The number of nitrogens with one attached hydrogen (secondary N) is 3. The fourth-order valence-corrected chi connectivity index (χ4v) is 3.82. The molecular weight excluding hydrogens is 405 g/mol. The van der Waals surface area contributed by atoms with Crippen LogP contribution in [0.3, 0.4) is 0 Å². The number of fused-ring (bicyclic) bond motifs is 1. The van der Waals surface area contributed by atoms with E-state index in [0.29, 0.717) is 16.8 Å². The van der Waals surface area contributed by atoms with Crippen LogP contribution in [-0.4, -0.2) is 15.9 Å². The first-order chi connectivity index (χ1) is 15.6. The van der Waals surface area contributed by atoms with Crippen LogP contribution in [0.5, 0.6) is 0 Å². The van der Waals surface area contributed by atoms with E-state index in [-0.39, 0.29) is 11.2 Å². The average Bonchev–Trinajstić information content (AvgIpc) is 3.20. The summed E-state index contributed by atoms with van der Waals surface area (Å²) in [6.07, 6.45) is 1.59. The summed E-state index contributed by atoms with van der Waals surface area (Å²) in [5.41, 5.74) is 3.95. The number of para-hydroxylation sites is 1. The van der Waals surface area contributed by atoms with Gasteiger partial charge in [0.25, 0.3) is 11.5 Å². The molecule has 0 saturated heterocycles. The summed E-state index contributed by atoms with van der Waals surface area (Å²) < 4.78 is 14.0. The first kappa shape index (κ1) is 19.5. The molecule has 3 aromatic carbocycles. The SMILES string of the molecule is O=C(Nc1ccccc1F)c1ccc2[nH]c(-c3ccc[nH]c3=O)c(-c3ccccc3)c2c1. The van der Waals surface area contributed by atoms with E-state index in [2.05, 4.69) is 15.3 Å². The van der Waals surface area contributed by atoms with Gasteiger partial charge in [0.15, 0.2) is 0 Å². The van der Waals surface area contributed by atoms with Gasteiger partial charge in [-0.15, -0.1) is 0 Å². The quantitative estimate of drug-likeness (QED) is 0.353. The molecule has 5 nitrogen and oxygen atoms in total. The predicted molar refractivity (Wildman–Crippen MR) is 124 cm³/mol. The summed E-state index contributed by atoms with van der Waals surface area (Å²) in [7, 11) is 0. The molecule has 0 atom stereocenters. The van der Waals surface area contributed by atoms with Crippen LogP contribution in [0, 0.1) is 5.82 Å². The van der Waals surface area contributed by atoms with Crippen LogP contribution in [0.2, 0.25) is 0 Å². The maximum absolute atomic E-state index is 14.0. The molecule has 0 aliphatic heterocycles. The van der Waals surface area contributed by atoms with Crippen LogP contribution in [0.15, 0.2) is 95.9 Å². The zero-order valence-electron chi connectivity index (χ0n) is 16.9. The van der Waals surface area contributed by atoms with Gasteiger partial charge in [0, 0.05) is 28.2 Å². The van der Waals surface area contributed by atoms with Gasteiger partial charge < -0.3 is 15.3 Å². The predicted octanol–water partition coefficient (Wildman–Crippen LogP) is 5.58. The van der Waals surface area contributed by atoms with Crippen LogP contribution in [0.25, 0.3) is 33.3 Å². The lowest BCUT2D eigenvalue weighted by atomic mass is 9.98. The first-order valence-electron chi connectivity index (χ1n) is 10.1. The van der Waals surface area contributed by atoms with Gasteiger partial charge in [0.1, 0.15) is 5.82 Å². The number of benzene rings is 3. The highest BCUT2D eigenvalue weighted by molar-refractivity contribution is 6.10. The molecule has 1 amide bonds. The Morgan fingerprint density at radius 3 is 2.44 bits per heavy atom. The lowest BCUT2D eigenvalue weighted by Crippen LogP contribution is -2.12. The Bertz CT molecular complexity index is 1500. The average molecular weight is 423 g/mol. The monoisotopic (exact) mass is 423 g/mol. The molecule has 156 valence electrons. The Labute approximate surface area is 182 Å². The molecule has 5 aromatic rings. The van der Waals surface area contributed by atoms with Crippen molar-refractivity contribution in [1.29, 1.82) is 0 Å². The van der Waals surface area contributed by atoms with Crippen molar-refractivity contribution in [3.05, 3.63) is 113 Å². The zero-order valence-corrected chi connectivity index (χ0v) is 16.9. The third-order valence-electron chi connectivity index (χ3n) is 5.33. The van der Waals surface area contributed by atoms with Crippen LogP contribution >= 0.6 is 0 Å². The summed E-state index contributed by atoms with van der Waals surface area (Å²) in [6.45, 7) is 0. The second-order valence-corrected chi connectivity index (χ2v) is 7.35. The number of H-pyrrole nitrogens is 2. The second kappa shape index (κ2) is 8.00. The normalized spacial score (nSPS) is 10.9. The Balaban J connectivity index is 1.67. The van der Waals surface area contributed by atoms with Crippen molar-refractivity contribution in [3.8, 4) is 22.4 Å². The van der Waals surface area contributed by atoms with Gasteiger partial charge in [-0.25, -0.2) is 4.39 Å². The molecule has 2 heterocycles. The third-order valence-corrected chi connectivity index (χ3v) is 5.33. The van der Waals surface area contributed by atoms with Crippen molar-refractivity contribution in [1.82, 2.24) is 9.97 Å². The van der Waals surface area contributed by atoms with Gasteiger partial charge in [0.05, 0.1) is 16.9 Å². The highest BCUT2D eigenvalue weighted by Gasteiger charge is 2.19. The van der Waals surface area contributed by atoms with E-state index in [1.807, 2.05) is 30.3 Å². The number of rotatable bonds is 4. The second-order valence-electron chi connectivity index (χ2n) is 7.35. The third kappa shape index (κ3) is 3.48. The number of halogens is 1. The lowest BCUT2D eigenvalue weighted by Gasteiger charge is -2.08. The van der Waals surface area contributed by atoms with Crippen molar-refractivity contribution >= 4 is 22.5 Å². The van der Waals surface area contributed by atoms with E-state index in [1.165, 1.54) is 12.1 Å². The Morgan fingerprint density at radius 1 is 0.875 bits per heavy atom. The fourth-order valence-electron chi connectivity index (χ4n) is 3.82. The number of carbonyl (C=O) groups excluding carboxylic acids is 1. The summed E-state index contributed by atoms with van der Waals surface area (Å²) in [5, 5.41) is 3.41. The maximum Gasteiger partial charge on any atom is 0.257 e. The Kier molecular flexibility index (Phi) is 4.88. The standard InChI is InChI=1S/C26H18FN3O2/c27-20-10-4-5-11-22(20)30-25(31)17-12-13-21-19(15-17)23(16-7-2-1-3-8-16)24(29-21)18-9-6-14-28-26(18)32/h1-15,29H,(H,28,32)(H,30,31). The molecule has 3 N–H and O–H groups in total. The van der Waals surface area contributed by atoms with E-state index < -0.39 is 11.7 Å². The Morgan fingerprint density at radius 2 is 1.66 bits per heavy atom. The number of hydrogen-bond acceptors (Lipinski definition) is 2. The van der Waals surface area contributed by atoms with Crippen molar-refractivity contribution in [3.63, 3.8) is 0 Å². The van der Waals surface area contributed by atoms with Gasteiger partial charge in [0.2, 0.25) is 0 Å². The highest BCUT2D eigenvalue weighted by Crippen LogP contribution is 2.37. The molecule has 0 radical (unpaired) electrons. The van der Waals surface area contributed by atoms with Gasteiger partial charge in [-0.1, -0.05) is 42.5 Å². The minimum atomic E-state index is -0.501. The van der Waals surface area contributed by atoms with E-state index in [4.69, 9.17) is 0 Å². The molecule has 0 spiro atoms. The molecule has 0 fully saturated rings. The number of amides is 1. The summed E-state index contributed by atoms with van der Waals surface area (Å²) >= 11 is 0. The number of hydrogen-bond donors (Lipinski definition) is 3. The molecule has 2 aromatic heterocycles. The highest BCUT2D eigenvalue weighted by atomic mass is 19.1. The number of pyridine rings is 1. The van der Waals surface area contributed by atoms with Gasteiger partial charge in [-0.2, -0.15) is 0 Å². The molecule has 0 aliphatic carbocycles. The molecule has 0 aliphatic rings. The van der Waals surface area contributed by atoms with Crippen LogP contribution in [-0.2, 0) is 0 Å². The minimum absolute atomic E-state index is 0.117. The van der Waals surface area contributed by atoms with Gasteiger partial charge in [-0.05, 0) is 48.0 Å². The zero-order chi connectivity index (χ0) is 22.1. The molecule has 0 unspecified atom stereocenters. The topological polar surface area (TPSA) is 77.8 Å². The van der Waals surface area contributed by atoms with Crippen LogP contribution in [0.1, 0.15) is 10.4 Å². The minimum Gasteiger partial charge on any atom is -0.354 e. The van der Waals surface area contributed by atoms with Crippen molar-refractivity contribution in [2.45, 2.75) is 0 Å². The Hall–Kier alpha value is -4.45. The molecule has 6 heteroatoms. The molecule has 0 saturated carbocycles. The summed E-state index contributed by atoms with van der Waals surface area (Å²) in [5.74, 6) is -0.921. The molecule has 5 rings (SSSR count). The number of aromatic nitrogens is 2.